The van der Waals surface area contributed by atoms with Gasteiger partial charge in [-0.2, -0.15) is 5.10 Å². The minimum absolute atomic E-state index is 0.345. The van der Waals surface area contributed by atoms with Crippen LogP contribution in [0, 0.1) is 0 Å². The summed E-state index contributed by atoms with van der Waals surface area (Å²) < 4.78 is 6.67. The number of methoxy groups -OCH3 is 1. The molecule has 0 saturated carbocycles. The summed E-state index contributed by atoms with van der Waals surface area (Å²) in [5.41, 5.74) is 9.27. The molecule has 0 spiro atoms. The molecule has 0 fully saturated rings. The van der Waals surface area contributed by atoms with Crippen LogP contribution in [0.1, 0.15) is 12.0 Å². The molecule has 1 heterocycles. The highest BCUT2D eigenvalue weighted by atomic mass is 35.5. The van der Waals surface area contributed by atoms with E-state index in [9.17, 15) is 4.79 Å². The zero-order valence-corrected chi connectivity index (χ0v) is 16.9. The van der Waals surface area contributed by atoms with Gasteiger partial charge in [0.1, 0.15) is 17.2 Å². The molecule has 0 saturated heterocycles. The first-order valence-electron chi connectivity index (χ1n) is 9.28. The SMILES string of the molecule is COCCCNC(=O)Nc1c(-c2ccc(Cl)cc2)nn(Cc2ccccc2)c1N. The zero-order valence-electron chi connectivity index (χ0n) is 16.2. The Morgan fingerprint density at radius 3 is 2.59 bits per heavy atom. The molecule has 2 amide bonds. The average molecular weight is 414 g/mol. The van der Waals surface area contributed by atoms with E-state index in [0.717, 1.165) is 17.5 Å². The number of ether oxygens (including phenoxy) is 1. The lowest BCUT2D eigenvalue weighted by atomic mass is 10.1. The molecule has 1 aromatic heterocycles. The van der Waals surface area contributed by atoms with Crippen molar-refractivity contribution in [3.63, 3.8) is 0 Å². The maximum absolute atomic E-state index is 12.4. The van der Waals surface area contributed by atoms with Crippen LogP contribution >= 0.6 is 11.6 Å². The Hall–Kier alpha value is -3.03. The Bertz CT molecular complexity index is 942. The summed E-state index contributed by atoms with van der Waals surface area (Å²) in [6.07, 6.45) is 0.719. The van der Waals surface area contributed by atoms with E-state index in [1.54, 1.807) is 23.9 Å². The van der Waals surface area contributed by atoms with Crippen LogP contribution in [0.15, 0.2) is 54.6 Å². The van der Waals surface area contributed by atoms with Gasteiger partial charge in [0, 0.05) is 30.8 Å². The monoisotopic (exact) mass is 413 g/mol. The second-order valence-electron chi connectivity index (χ2n) is 6.49. The van der Waals surface area contributed by atoms with Crippen LogP contribution in [0.25, 0.3) is 11.3 Å². The van der Waals surface area contributed by atoms with E-state index in [1.165, 1.54) is 0 Å². The predicted molar refractivity (Wildman–Crippen MR) is 116 cm³/mol. The molecule has 29 heavy (non-hydrogen) atoms. The van der Waals surface area contributed by atoms with Gasteiger partial charge in [0.25, 0.3) is 0 Å². The molecule has 3 aromatic rings. The molecule has 4 N–H and O–H groups in total. The predicted octanol–water partition coefficient (Wildman–Crippen LogP) is 3.99. The number of amides is 2. The number of aromatic nitrogens is 2. The van der Waals surface area contributed by atoms with Gasteiger partial charge in [-0.05, 0) is 24.1 Å². The second-order valence-corrected chi connectivity index (χ2v) is 6.92. The zero-order chi connectivity index (χ0) is 20.6. The van der Waals surface area contributed by atoms with Crippen LogP contribution in [-0.4, -0.2) is 36.1 Å². The molecule has 0 aliphatic heterocycles. The van der Waals surface area contributed by atoms with Crippen molar-refractivity contribution in [2.75, 3.05) is 31.3 Å². The number of carbonyl (C=O) groups is 1. The maximum atomic E-state index is 12.4. The van der Waals surface area contributed by atoms with Crippen molar-refractivity contribution in [1.29, 1.82) is 0 Å². The fraction of sp³-hybridized carbons (Fsp3) is 0.238. The molecule has 7 nitrogen and oxygen atoms in total. The molecule has 0 atom stereocenters. The van der Waals surface area contributed by atoms with Crippen LogP contribution in [0.5, 0.6) is 0 Å². The van der Waals surface area contributed by atoms with Gasteiger partial charge in [-0.1, -0.05) is 54.1 Å². The number of nitrogens with two attached hydrogens (primary N) is 1. The fourth-order valence-corrected chi connectivity index (χ4v) is 2.99. The van der Waals surface area contributed by atoms with E-state index in [2.05, 4.69) is 15.7 Å². The van der Waals surface area contributed by atoms with E-state index in [4.69, 9.17) is 22.1 Å². The Morgan fingerprint density at radius 1 is 1.17 bits per heavy atom. The van der Waals surface area contributed by atoms with Crippen molar-refractivity contribution in [2.45, 2.75) is 13.0 Å². The summed E-state index contributed by atoms with van der Waals surface area (Å²) in [7, 11) is 1.63. The standard InChI is InChI=1S/C21H24ClN5O2/c1-29-13-5-12-24-21(28)25-19-18(16-8-10-17(22)11-9-16)26-27(20(19)23)14-15-6-3-2-4-7-15/h2-4,6-11H,5,12-14,23H2,1H3,(H2,24,25,28). The molecule has 152 valence electrons. The molecule has 0 radical (unpaired) electrons. The number of nitrogens with one attached hydrogen (secondary N) is 2. The lowest BCUT2D eigenvalue weighted by Gasteiger charge is -2.09. The lowest BCUT2D eigenvalue weighted by molar-refractivity contribution is 0.194. The number of carbonyl (C=O) groups excluding carboxylic acids is 1. The van der Waals surface area contributed by atoms with Gasteiger partial charge in [0.2, 0.25) is 0 Å². The first-order valence-corrected chi connectivity index (χ1v) is 9.66. The van der Waals surface area contributed by atoms with Crippen molar-refractivity contribution >= 4 is 29.1 Å². The van der Waals surface area contributed by atoms with Gasteiger partial charge >= 0.3 is 6.03 Å². The molecular weight excluding hydrogens is 390 g/mol. The van der Waals surface area contributed by atoms with Gasteiger partial charge in [-0.25, -0.2) is 9.48 Å². The Morgan fingerprint density at radius 2 is 1.90 bits per heavy atom. The minimum atomic E-state index is -0.345. The third kappa shape index (κ3) is 5.49. The first-order chi connectivity index (χ1) is 14.1. The second kappa shape index (κ2) is 9.95. The Balaban J connectivity index is 1.87. The number of hydrogen-bond acceptors (Lipinski definition) is 4. The van der Waals surface area contributed by atoms with Crippen molar-refractivity contribution in [3.05, 3.63) is 65.2 Å². The Labute approximate surface area is 174 Å². The minimum Gasteiger partial charge on any atom is -0.385 e. The van der Waals surface area contributed by atoms with Crippen molar-refractivity contribution in [1.82, 2.24) is 15.1 Å². The molecule has 2 aromatic carbocycles. The number of urea groups is 1. The highest BCUT2D eigenvalue weighted by molar-refractivity contribution is 6.30. The van der Waals surface area contributed by atoms with E-state index >= 15 is 0 Å². The van der Waals surface area contributed by atoms with E-state index in [1.807, 2.05) is 42.5 Å². The number of nitrogen functional groups attached to an aromatic ring is 1. The lowest BCUT2D eigenvalue weighted by Crippen LogP contribution is -2.30. The highest BCUT2D eigenvalue weighted by Gasteiger charge is 2.19. The van der Waals surface area contributed by atoms with Crippen LogP contribution in [0.4, 0.5) is 16.3 Å². The summed E-state index contributed by atoms with van der Waals surface area (Å²) in [4.78, 5) is 12.4. The third-order valence-corrected chi connectivity index (χ3v) is 4.59. The van der Waals surface area contributed by atoms with Crippen molar-refractivity contribution < 1.29 is 9.53 Å². The van der Waals surface area contributed by atoms with Gasteiger partial charge < -0.3 is 21.1 Å². The summed E-state index contributed by atoms with van der Waals surface area (Å²) in [5.74, 6) is 0.380. The van der Waals surface area contributed by atoms with Gasteiger partial charge in [-0.15, -0.1) is 0 Å². The number of halogens is 1. The van der Waals surface area contributed by atoms with Crippen LogP contribution < -0.4 is 16.4 Å². The summed E-state index contributed by atoms with van der Waals surface area (Å²) in [6, 6.07) is 16.8. The van der Waals surface area contributed by atoms with Crippen LogP contribution in [-0.2, 0) is 11.3 Å². The number of anilines is 2. The number of benzene rings is 2. The summed E-state index contributed by atoms with van der Waals surface area (Å²) in [5, 5.41) is 10.9. The highest BCUT2D eigenvalue weighted by Crippen LogP contribution is 2.33. The van der Waals surface area contributed by atoms with Gasteiger partial charge in [0.05, 0.1) is 6.54 Å². The molecular formula is C21H24ClN5O2. The fourth-order valence-electron chi connectivity index (χ4n) is 2.86. The van der Waals surface area contributed by atoms with Crippen molar-refractivity contribution in [2.24, 2.45) is 0 Å². The van der Waals surface area contributed by atoms with E-state index < -0.39 is 0 Å². The molecule has 0 aliphatic rings. The maximum Gasteiger partial charge on any atom is 0.319 e. The summed E-state index contributed by atoms with van der Waals surface area (Å²) in [6.45, 7) is 1.56. The molecule has 0 aliphatic carbocycles. The quantitative estimate of drug-likeness (QED) is 0.486. The normalized spacial score (nSPS) is 10.7. The largest absolute Gasteiger partial charge is 0.385 e. The smallest absolute Gasteiger partial charge is 0.319 e. The molecule has 8 heteroatoms. The Kier molecular flexibility index (Phi) is 7.10. The van der Waals surface area contributed by atoms with Crippen molar-refractivity contribution in [3.8, 4) is 11.3 Å². The van der Waals surface area contributed by atoms with Crippen LogP contribution in [0.2, 0.25) is 5.02 Å². The number of rotatable bonds is 8. The topological polar surface area (TPSA) is 94.2 Å². The average Bonchev–Trinajstić information content (AvgIpc) is 3.02. The first kappa shape index (κ1) is 20.7. The third-order valence-electron chi connectivity index (χ3n) is 4.33. The van der Waals surface area contributed by atoms with Gasteiger partial charge in [-0.3, -0.25) is 0 Å². The van der Waals surface area contributed by atoms with E-state index in [-0.39, 0.29) is 6.03 Å². The molecule has 3 rings (SSSR count). The number of nitrogens with zero attached hydrogens (tertiary/aromatic N) is 2. The van der Waals surface area contributed by atoms with Crippen LogP contribution in [0.3, 0.4) is 0 Å². The number of hydrogen-bond donors (Lipinski definition) is 3. The molecule has 0 unspecified atom stereocenters. The summed E-state index contributed by atoms with van der Waals surface area (Å²) >= 11 is 6.01. The van der Waals surface area contributed by atoms with E-state index in [0.29, 0.717) is 41.9 Å². The molecule has 0 bridgehead atoms. The van der Waals surface area contributed by atoms with Gasteiger partial charge in [0.15, 0.2) is 0 Å².